The molecule has 27 heavy (non-hydrogen) atoms. The normalized spacial score (nSPS) is 10.8. The zero-order chi connectivity index (χ0) is 19.2. The molecule has 6 nitrogen and oxygen atoms in total. The van der Waals surface area contributed by atoms with Crippen molar-refractivity contribution < 1.29 is 9.53 Å². The van der Waals surface area contributed by atoms with E-state index in [9.17, 15) is 4.79 Å². The topological polar surface area (TPSA) is 69.0 Å². The summed E-state index contributed by atoms with van der Waals surface area (Å²) in [4.78, 5) is 12.2. The zero-order valence-corrected chi connectivity index (χ0v) is 15.8. The molecule has 2 aromatic carbocycles. The van der Waals surface area contributed by atoms with E-state index in [1.807, 2.05) is 48.5 Å². The van der Waals surface area contributed by atoms with E-state index in [4.69, 9.17) is 4.74 Å². The van der Waals surface area contributed by atoms with Crippen LogP contribution in [0.4, 0.5) is 5.69 Å². The molecule has 3 rings (SSSR count). The SMILES string of the molecule is CCc1ccc(OCC(=O)Nc2cccc(-n3nncc3C(C)C)c2)cc1. The van der Waals surface area contributed by atoms with Gasteiger partial charge in [-0.2, -0.15) is 0 Å². The third kappa shape index (κ3) is 4.73. The lowest BCUT2D eigenvalue weighted by Gasteiger charge is -2.11. The summed E-state index contributed by atoms with van der Waals surface area (Å²) in [5.74, 6) is 0.764. The lowest BCUT2D eigenvalue weighted by atomic mass is 10.1. The average molecular weight is 364 g/mol. The van der Waals surface area contributed by atoms with Gasteiger partial charge in [0.05, 0.1) is 17.6 Å². The van der Waals surface area contributed by atoms with Crippen LogP contribution in [0.25, 0.3) is 5.69 Å². The summed E-state index contributed by atoms with van der Waals surface area (Å²) in [6, 6.07) is 15.3. The molecule has 1 amide bonds. The molecular weight excluding hydrogens is 340 g/mol. The molecule has 0 bridgehead atoms. The second-order valence-electron chi connectivity index (χ2n) is 6.61. The number of hydrogen-bond acceptors (Lipinski definition) is 4. The Bertz CT molecular complexity index is 901. The first-order valence-electron chi connectivity index (χ1n) is 9.09. The molecule has 6 heteroatoms. The first-order valence-corrected chi connectivity index (χ1v) is 9.09. The predicted molar refractivity (Wildman–Crippen MR) is 105 cm³/mol. The van der Waals surface area contributed by atoms with Crippen LogP contribution in [0.15, 0.2) is 54.7 Å². The van der Waals surface area contributed by atoms with Crippen LogP contribution in [0.3, 0.4) is 0 Å². The van der Waals surface area contributed by atoms with Crippen LogP contribution in [0, 0.1) is 0 Å². The fraction of sp³-hybridized carbons (Fsp3) is 0.286. The molecule has 0 saturated carbocycles. The van der Waals surface area contributed by atoms with Crippen LogP contribution < -0.4 is 10.1 Å². The van der Waals surface area contributed by atoms with E-state index in [2.05, 4.69) is 36.4 Å². The molecule has 0 aliphatic rings. The van der Waals surface area contributed by atoms with Crippen LogP contribution in [0.5, 0.6) is 5.75 Å². The van der Waals surface area contributed by atoms with Crippen molar-refractivity contribution in [2.45, 2.75) is 33.1 Å². The summed E-state index contributed by atoms with van der Waals surface area (Å²) < 4.78 is 7.34. The van der Waals surface area contributed by atoms with Crippen molar-refractivity contribution in [3.63, 3.8) is 0 Å². The first-order chi connectivity index (χ1) is 13.1. The molecule has 0 aliphatic carbocycles. The maximum atomic E-state index is 12.2. The molecule has 1 heterocycles. The fourth-order valence-corrected chi connectivity index (χ4v) is 2.72. The Balaban J connectivity index is 1.63. The number of amides is 1. The van der Waals surface area contributed by atoms with E-state index < -0.39 is 0 Å². The third-order valence-corrected chi connectivity index (χ3v) is 4.24. The Kier molecular flexibility index (Phi) is 5.86. The van der Waals surface area contributed by atoms with Gasteiger partial charge in [0, 0.05) is 5.69 Å². The summed E-state index contributed by atoms with van der Waals surface area (Å²) >= 11 is 0. The summed E-state index contributed by atoms with van der Waals surface area (Å²) in [5.41, 5.74) is 3.78. The van der Waals surface area contributed by atoms with Gasteiger partial charge in [-0.1, -0.05) is 44.2 Å². The third-order valence-electron chi connectivity index (χ3n) is 4.24. The predicted octanol–water partition coefficient (Wildman–Crippen LogP) is 3.97. The summed E-state index contributed by atoms with van der Waals surface area (Å²) in [5, 5.41) is 11.0. The highest BCUT2D eigenvalue weighted by molar-refractivity contribution is 5.92. The molecule has 0 fully saturated rings. The van der Waals surface area contributed by atoms with Crippen LogP contribution in [-0.2, 0) is 11.2 Å². The zero-order valence-electron chi connectivity index (χ0n) is 15.8. The van der Waals surface area contributed by atoms with Gasteiger partial charge in [-0.15, -0.1) is 5.10 Å². The van der Waals surface area contributed by atoms with Crippen LogP contribution >= 0.6 is 0 Å². The summed E-state index contributed by atoms with van der Waals surface area (Å²) in [7, 11) is 0. The van der Waals surface area contributed by atoms with E-state index in [-0.39, 0.29) is 12.5 Å². The summed E-state index contributed by atoms with van der Waals surface area (Å²) in [6.45, 7) is 6.23. The van der Waals surface area contributed by atoms with Crippen molar-refractivity contribution in [1.29, 1.82) is 0 Å². The number of aromatic nitrogens is 3. The van der Waals surface area contributed by atoms with Gasteiger partial charge in [0.25, 0.3) is 5.91 Å². The molecule has 3 aromatic rings. The van der Waals surface area contributed by atoms with Crippen LogP contribution in [0.1, 0.15) is 37.9 Å². The number of aryl methyl sites for hydroxylation is 1. The lowest BCUT2D eigenvalue weighted by Crippen LogP contribution is -2.20. The Morgan fingerprint density at radius 1 is 1.19 bits per heavy atom. The van der Waals surface area contributed by atoms with Gasteiger partial charge in [0.1, 0.15) is 5.75 Å². The van der Waals surface area contributed by atoms with Crippen molar-refractivity contribution in [2.24, 2.45) is 0 Å². The van der Waals surface area contributed by atoms with Gasteiger partial charge in [0.2, 0.25) is 0 Å². The number of nitrogens with zero attached hydrogens (tertiary/aromatic N) is 3. The second kappa shape index (κ2) is 8.49. The van der Waals surface area contributed by atoms with E-state index in [1.165, 1.54) is 5.56 Å². The first kappa shape index (κ1) is 18.6. The highest BCUT2D eigenvalue weighted by Gasteiger charge is 2.11. The molecule has 0 saturated heterocycles. The minimum atomic E-state index is -0.214. The Labute approximate surface area is 159 Å². The lowest BCUT2D eigenvalue weighted by molar-refractivity contribution is -0.118. The standard InChI is InChI=1S/C21H24N4O2/c1-4-16-8-10-19(11-9-16)27-14-21(26)23-17-6-5-7-18(12-17)25-20(15(2)3)13-22-24-25/h5-13,15H,4,14H2,1-3H3,(H,23,26). The monoisotopic (exact) mass is 364 g/mol. The number of rotatable bonds is 7. The van der Waals surface area contributed by atoms with Gasteiger partial charge in [-0.25, -0.2) is 4.68 Å². The van der Waals surface area contributed by atoms with Crippen LogP contribution in [-0.4, -0.2) is 27.5 Å². The molecule has 0 radical (unpaired) electrons. The van der Waals surface area contributed by atoms with Crippen molar-refractivity contribution >= 4 is 11.6 Å². The quantitative estimate of drug-likeness (QED) is 0.689. The number of hydrogen-bond donors (Lipinski definition) is 1. The van der Waals surface area contributed by atoms with Crippen molar-refractivity contribution in [1.82, 2.24) is 15.0 Å². The van der Waals surface area contributed by atoms with E-state index in [0.717, 1.165) is 17.8 Å². The van der Waals surface area contributed by atoms with Gasteiger partial charge >= 0.3 is 0 Å². The van der Waals surface area contributed by atoms with Crippen LogP contribution in [0.2, 0.25) is 0 Å². The van der Waals surface area contributed by atoms with Crippen molar-refractivity contribution in [3.05, 3.63) is 66.0 Å². The molecule has 0 atom stereocenters. The Hall–Kier alpha value is -3.15. The second-order valence-corrected chi connectivity index (χ2v) is 6.61. The highest BCUT2D eigenvalue weighted by atomic mass is 16.5. The number of anilines is 1. The van der Waals surface area contributed by atoms with Crippen molar-refractivity contribution in [2.75, 3.05) is 11.9 Å². The Morgan fingerprint density at radius 2 is 1.96 bits per heavy atom. The number of carbonyl (C=O) groups excluding carboxylic acids is 1. The smallest absolute Gasteiger partial charge is 0.262 e. The molecule has 140 valence electrons. The fourth-order valence-electron chi connectivity index (χ4n) is 2.72. The van der Waals surface area contributed by atoms with Gasteiger partial charge < -0.3 is 10.1 Å². The molecular formula is C21H24N4O2. The van der Waals surface area contributed by atoms with E-state index in [1.54, 1.807) is 10.9 Å². The minimum Gasteiger partial charge on any atom is -0.484 e. The largest absolute Gasteiger partial charge is 0.484 e. The molecule has 0 unspecified atom stereocenters. The maximum absolute atomic E-state index is 12.2. The molecule has 1 aromatic heterocycles. The average Bonchev–Trinajstić information content (AvgIpc) is 3.17. The van der Waals surface area contributed by atoms with Gasteiger partial charge in [0.15, 0.2) is 6.61 Å². The molecule has 0 aliphatic heterocycles. The van der Waals surface area contributed by atoms with E-state index >= 15 is 0 Å². The minimum absolute atomic E-state index is 0.0454. The summed E-state index contributed by atoms with van der Waals surface area (Å²) in [6.07, 6.45) is 2.73. The maximum Gasteiger partial charge on any atom is 0.262 e. The molecule has 1 N–H and O–H groups in total. The highest BCUT2D eigenvalue weighted by Crippen LogP contribution is 2.20. The number of carbonyl (C=O) groups is 1. The molecule has 0 spiro atoms. The Morgan fingerprint density at radius 3 is 2.67 bits per heavy atom. The van der Waals surface area contributed by atoms with Gasteiger partial charge in [-0.3, -0.25) is 4.79 Å². The van der Waals surface area contributed by atoms with E-state index in [0.29, 0.717) is 17.4 Å². The van der Waals surface area contributed by atoms with Crippen molar-refractivity contribution in [3.8, 4) is 11.4 Å². The number of nitrogens with one attached hydrogen (secondary N) is 1. The van der Waals surface area contributed by atoms with Gasteiger partial charge in [-0.05, 0) is 48.2 Å². The number of benzene rings is 2. The number of ether oxygens (including phenoxy) is 1.